The van der Waals surface area contributed by atoms with Gasteiger partial charge in [0.15, 0.2) is 6.04 Å². The predicted octanol–water partition coefficient (Wildman–Crippen LogP) is 4.08. The lowest BCUT2D eigenvalue weighted by atomic mass is 9.99. The van der Waals surface area contributed by atoms with E-state index < -0.39 is 12.0 Å². The highest BCUT2D eigenvalue weighted by Crippen LogP contribution is 2.35. The second kappa shape index (κ2) is 9.80. The Balaban J connectivity index is 2.51. The van der Waals surface area contributed by atoms with Crippen molar-refractivity contribution in [3.05, 3.63) is 70.8 Å². The van der Waals surface area contributed by atoms with Crippen LogP contribution in [-0.4, -0.2) is 25.5 Å². The van der Waals surface area contributed by atoms with E-state index in [1.54, 1.807) is 42.5 Å². The summed E-state index contributed by atoms with van der Waals surface area (Å²) >= 11 is 6.30. The number of methoxy groups -OCH3 is 1. The van der Waals surface area contributed by atoms with Crippen LogP contribution in [0.15, 0.2) is 49.1 Å². The summed E-state index contributed by atoms with van der Waals surface area (Å²) in [6.07, 6.45) is 2.29. The third-order valence-corrected chi connectivity index (χ3v) is 4.29. The average molecular weight is 402 g/mol. The van der Waals surface area contributed by atoms with E-state index in [0.29, 0.717) is 40.6 Å². The number of carbonyl (C=O) groups excluding carboxylic acids is 1. The first-order valence-corrected chi connectivity index (χ1v) is 9.13. The Morgan fingerprint density at radius 2 is 2.04 bits per heavy atom. The Morgan fingerprint density at radius 1 is 1.36 bits per heavy atom. The number of allylic oxidation sites excluding steroid dienone is 1. The van der Waals surface area contributed by atoms with E-state index in [2.05, 4.69) is 11.9 Å². The number of esters is 1. The van der Waals surface area contributed by atoms with Crippen LogP contribution >= 0.6 is 11.6 Å². The van der Waals surface area contributed by atoms with E-state index in [4.69, 9.17) is 32.2 Å². The van der Waals surface area contributed by atoms with E-state index in [9.17, 15) is 4.79 Å². The molecule has 0 fully saturated rings. The number of halogens is 1. The highest BCUT2D eigenvalue weighted by Gasteiger charge is 2.27. The molecule has 0 spiro atoms. The number of amidine groups is 1. The number of carbonyl (C=O) groups is 1. The number of rotatable bonds is 9. The zero-order valence-corrected chi connectivity index (χ0v) is 16.7. The Bertz CT molecular complexity index is 866. The summed E-state index contributed by atoms with van der Waals surface area (Å²) in [5.74, 6) is 0.0667. The van der Waals surface area contributed by atoms with Crippen molar-refractivity contribution in [2.75, 3.05) is 19.0 Å². The molecule has 0 aliphatic rings. The first kappa shape index (κ1) is 21.3. The van der Waals surface area contributed by atoms with Gasteiger partial charge < -0.3 is 20.5 Å². The quantitative estimate of drug-likeness (QED) is 0.254. The number of hydrogen-bond donors (Lipinski definition) is 3. The van der Waals surface area contributed by atoms with Crippen LogP contribution < -0.4 is 15.8 Å². The highest BCUT2D eigenvalue weighted by molar-refractivity contribution is 6.30. The summed E-state index contributed by atoms with van der Waals surface area (Å²) in [7, 11) is 1.32. The summed E-state index contributed by atoms with van der Waals surface area (Å²) in [4.78, 5) is 12.6. The van der Waals surface area contributed by atoms with Gasteiger partial charge in [-0.25, -0.2) is 4.79 Å². The smallest absolute Gasteiger partial charge is 0.333 e. The van der Waals surface area contributed by atoms with Gasteiger partial charge in [0.2, 0.25) is 0 Å². The maximum absolute atomic E-state index is 12.6. The molecule has 2 aromatic carbocycles. The first-order valence-electron chi connectivity index (χ1n) is 8.76. The van der Waals surface area contributed by atoms with E-state index in [1.807, 2.05) is 6.92 Å². The lowest BCUT2D eigenvalue weighted by Gasteiger charge is -2.23. The summed E-state index contributed by atoms with van der Waals surface area (Å²) < 4.78 is 10.8. The lowest BCUT2D eigenvalue weighted by molar-refractivity contribution is -0.141. The number of nitrogen functional groups attached to an aromatic ring is 1. The van der Waals surface area contributed by atoms with Crippen molar-refractivity contribution in [2.24, 2.45) is 5.73 Å². The summed E-state index contributed by atoms with van der Waals surface area (Å²) in [5, 5.41) is 11.1. The summed E-state index contributed by atoms with van der Waals surface area (Å²) in [6.45, 7) is 6.07. The minimum absolute atomic E-state index is 0.0291. The maximum Gasteiger partial charge on any atom is 0.333 e. The first-order chi connectivity index (χ1) is 13.4. The van der Waals surface area contributed by atoms with E-state index in [0.717, 1.165) is 5.56 Å². The number of nitrogens with two attached hydrogens (primary N) is 1. The second-order valence-corrected chi connectivity index (χ2v) is 6.44. The molecule has 0 heterocycles. The molecular weight excluding hydrogens is 378 g/mol. The van der Waals surface area contributed by atoms with Crippen LogP contribution in [0.1, 0.15) is 29.7 Å². The van der Waals surface area contributed by atoms with Crippen LogP contribution in [0.25, 0.3) is 0 Å². The molecule has 1 atom stereocenters. The van der Waals surface area contributed by atoms with E-state index in [1.165, 1.54) is 7.11 Å². The number of hydrogen-bond acceptors (Lipinski definition) is 5. The molecule has 0 aliphatic carbocycles. The average Bonchev–Trinajstić information content (AvgIpc) is 2.68. The van der Waals surface area contributed by atoms with Crippen LogP contribution in [0.5, 0.6) is 5.75 Å². The van der Waals surface area contributed by atoms with Gasteiger partial charge in [-0.2, -0.15) is 0 Å². The van der Waals surface area contributed by atoms with Gasteiger partial charge in [-0.1, -0.05) is 17.7 Å². The number of ether oxygens (including phenoxy) is 2. The number of anilines is 1. The Morgan fingerprint density at radius 3 is 2.57 bits per heavy atom. The standard InChI is InChI=1S/C21H24ClN3O3/c1-4-6-14-11-15(22)12-17(19(14)28-5-2)18(21(26)27-3)25-16-9-7-13(8-10-16)20(23)24/h4,7-12,18,25H,1,5-6H2,2-3H3,(H3,23,24). The fraction of sp³-hybridized carbons (Fsp3) is 0.238. The maximum atomic E-state index is 12.6. The van der Waals surface area contributed by atoms with Crippen molar-refractivity contribution in [1.29, 1.82) is 5.41 Å². The third-order valence-electron chi connectivity index (χ3n) is 4.07. The highest BCUT2D eigenvalue weighted by atomic mass is 35.5. The van der Waals surface area contributed by atoms with Crippen molar-refractivity contribution in [3.63, 3.8) is 0 Å². The topological polar surface area (TPSA) is 97.4 Å². The molecule has 7 heteroatoms. The van der Waals surface area contributed by atoms with Gasteiger partial charge in [-0.05, 0) is 55.3 Å². The number of nitrogens with one attached hydrogen (secondary N) is 2. The van der Waals surface area contributed by atoms with Crippen LogP contribution in [0, 0.1) is 5.41 Å². The van der Waals surface area contributed by atoms with Crippen LogP contribution in [0.3, 0.4) is 0 Å². The van der Waals surface area contributed by atoms with Crippen LogP contribution in [-0.2, 0) is 16.0 Å². The molecule has 0 aliphatic heterocycles. The molecule has 6 nitrogen and oxygen atoms in total. The Labute approximate surface area is 169 Å². The van der Waals surface area contributed by atoms with Crippen molar-refractivity contribution >= 4 is 29.1 Å². The molecular formula is C21H24ClN3O3. The summed E-state index contributed by atoms with van der Waals surface area (Å²) in [6, 6.07) is 9.53. The second-order valence-electron chi connectivity index (χ2n) is 6.00. The van der Waals surface area contributed by atoms with Crippen LogP contribution in [0.2, 0.25) is 5.02 Å². The molecule has 0 amide bonds. The zero-order valence-electron chi connectivity index (χ0n) is 15.9. The molecule has 0 aromatic heterocycles. The predicted molar refractivity (Wildman–Crippen MR) is 112 cm³/mol. The third kappa shape index (κ3) is 5.04. The summed E-state index contributed by atoms with van der Waals surface area (Å²) in [5.41, 5.74) is 8.15. The fourth-order valence-electron chi connectivity index (χ4n) is 2.81. The van der Waals surface area contributed by atoms with Gasteiger partial charge in [0.1, 0.15) is 11.6 Å². The van der Waals surface area contributed by atoms with Crippen molar-refractivity contribution in [1.82, 2.24) is 0 Å². The van der Waals surface area contributed by atoms with Gasteiger partial charge >= 0.3 is 5.97 Å². The molecule has 0 saturated heterocycles. The molecule has 0 radical (unpaired) electrons. The molecule has 0 bridgehead atoms. The van der Waals surface area contributed by atoms with Gasteiger partial charge in [0.25, 0.3) is 0 Å². The van der Waals surface area contributed by atoms with Crippen molar-refractivity contribution < 1.29 is 14.3 Å². The van der Waals surface area contributed by atoms with Crippen molar-refractivity contribution in [2.45, 2.75) is 19.4 Å². The fourth-order valence-corrected chi connectivity index (χ4v) is 3.06. The van der Waals surface area contributed by atoms with Crippen molar-refractivity contribution in [3.8, 4) is 5.75 Å². The molecule has 4 N–H and O–H groups in total. The van der Waals surface area contributed by atoms with E-state index in [-0.39, 0.29) is 5.84 Å². The minimum Gasteiger partial charge on any atom is -0.493 e. The Kier molecular flexibility index (Phi) is 7.46. The van der Waals surface area contributed by atoms with Gasteiger partial charge in [-0.3, -0.25) is 5.41 Å². The van der Waals surface area contributed by atoms with Gasteiger partial charge in [-0.15, -0.1) is 6.58 Å². The normalized spacial score (nSPS) is 11.4. The zero-order chi connectivity index (χ0) is 20.7. The molecule has 28 heavy (non-hydrogen) atoms. The molecule has 148 valence electrons. The molecule has 2 aromatic rings. The van der Waals surface area contributed by atoms with E-state index >= 15 is 0 Å². The molecule has 0 saturated carbocycles. The monoisotopic (exact) mass is 401 g/mol. The SMILES string of the molecule is C=CCc1cc(Cl)cc(C(Nc2ccc(C(=N)N)cc2)C(=O)OC)c1OCC. The Hall–Kier alpha value is -2.99. The molecule has 2 rings (SSSR count). The lowest BCUT2D eigenvalue weighted by Crippen LogP contribution is -2.23. The van der Waals surface area contributed by atoms with Crippen LogP contribution in [0.4, 0.5) is 5.69 Å². The van der Waals surface area contributed by atoms with Gasteiger partial charge in [0.05, 0.1) is 13.7 Å². The largest absolute Gasteiger partial charge is 0.493 e. The number of benzene rings is 2. The molecule has 1 unspecified atom stereocenters. The van der Waals surface area contributed by atoms with Gasteiger partial charge in [0, 0.05) is 21.8 Å². The minimum atomic E-state index is -0.836.